The van der Waals surface area contributed by atoms with E-state index in [0.29, 0.717) is 27.9 Å². The average molecular weight is 493 g/mol. The lowest BCUT2D eigenvalue weighted by atomic mass is 10.1. The monoisotopic (exact) mass is 492 g/mol. The Morgan fingerprint density at radius 2 is 1.89 bits per heavy atom. The third-order valence-corrected chi connectivity index (χ3v) is 6.22. The van der Waals surface area contributed by atoms with E-state index in [1.807, 2.05) is 18.2 Å². The maximum atomic E-state index is 13.4. The van der Waals surface area contributed by atoms with Gasteiger partial charge in [0.2, 0.25) is 5.95 Å². The van der Waals surface area contributed by atoms with E-state index in [2.05, 4.69) is 15.3 Å². The topological polar surface area (TPSA) is 127 Å². The molecular formula is C24H21ClN6O4. The number of aromatic amines is 1. The molecular weight excluding hydrogens is 472 g/mol. The quantitative estimate of drug-likeness (QED) is 0.334. The molecule has 35 heavy (non-hydrogen) atoms. The van der Waals surface area contributed by atoms with Crippen LogP contribution in [-0.4, -0.2) is 34.7 Å². The summed E-state index contributed by atoms with van der Waals surface area (Å²) < 4.78 is 4.07. The smallest absolute Gasteiger partial charge is 0.332 e. The first kappa shape index (κ1) is 22.5. The van der Waals surface area contributed by atoms with Gasteiger partial charge in [-0.3, -0.25) is 18.7 Å². The van der Waals surface area contributed by atoms with Crippen molar-refractivity contribution in [3.05, 3.63) is 85.6 Å². The first-order valence-corrected chi connectivity index (χ1v) is 11.1. The predicted octanol–water partition coefficient (Wildman–Crippen LogP) is 2.99. The Balaban J connectivity index is 1.56. The van der Waals surface area contributed by atoms with E-state index in [1.165, 1.54) is 4.57 Å². The average Bonchev–Trinajstić information content (AvgIpc) is 3.37. The number of nitrogens with zero attached hydrogens (tertiary/aromatic N) is 4. The van der Waals surface area contributed by atoms with Crippen LogP contribution in [-0.2, 0) is 31.9 Å². The highest BCUT2D eigenvalue weighted by atomic mass is 35.5. The molecule has 10 nitrogen and oxygen atoms in total. The van der Waals surface area contributed by atoms with Crippen LogP contribution in [0, 0.1) is 0 Å². The second-order valence-electron chi connectivity index (χ2n) is 8.29. The number of aliphatic carboxylic acids is 1. The molecule has 11 heteroatoms. The van der Waals surface area contributed by atoms with Crippen LogP contribution in [0.15, 0.2) is 58.1 Å². The molecule has 3 N–H and O–H groups in total. The van der Waals surface area contributed by atoms with E-state index in [4.69, 9.17) is 16.7 Å². The van der Waals surface area contributed by atoms with Gasteiger partial charge in [0.25, 0.3) is 5.56 Å². The zero-order chi connectivity index (χ0) is 24.9. The Kier molecular flexibility index (Phi) is 5.45. The van der Waals surface area contributed by atoms with E-state index in [-0.39, 0.29) is 24.1 Å². The van der Waals surface area contributed by atoms with E-state index >= 15 is 0 Å². The molecule has 0 fully saturated rings. The molecule has 5 aromatic rings. The molecule has 178 valence electrons. The van der Waals surface area contributed by atoms with Crippen LogP contribution in [0.3, 0.4) is 0 Å². The number of fused-ring (bicyclic) bond motifs is 2. The number of carbonyl (C=O) groups is 1. The minimum absolute atomic E-state index is 0.0393. The number of halogens is 1. The molecule has 0 saturated carbocycles. The van der Waals surface area contributed by atoms with Gasteiger partial charge in [0.05, 0.1) is 13.0 Å². The van der Waals surface area contributed by atoms with Crippen LogP contribution < -0.4 is 16.6 Å². The van der Waals surface area contributed by atoms with Gasteiger partial charge in [0, 0.05) is 41.4 Å². The maximum Gasteiger partial charge on any atom is 0.332 e. The second-order valence-corrected chi connectivity index (χ2v) is 8.70. The SMILES string of the molecule is Cn1c(Nc2cccc(CC(=O)O)c2)nc2c1c(=O)n(Cc1cc3c(Cl)cccc3[nH]1)c(=O)n2C. The zero-order valence-corrected chi connectivity index (χ0v) is 19.6. The molecule has 2 aromatic carbocycles. The van der Waals surface area contributed by atoms with Crippen molar-refractivity contribution in [1.82, 2.24) is 23.7 Å². The van der Waals surface area contributed by atoms with E-state index in [0.717, 1.165) is 15.5 Å². The van der Waals surface area contributed by atoms with Gasteiger partial charge >= 0.3 is 11.7 Å². The normalized spacial score (nSPS) is 11.4. The number of aryl methyl sites for hydroxylation is 2. The van der Waals surface area contributed by atoms with Crippen LogP contribution in [0.1, 0.15) is 11.3 Å². The molecule has 0 aliphatic carbocycles. The van der Waals surface area contributed by atoms with Crippen molar-refractivity contribution in [2.45, 2.75) is 13.0 Å². The fraction of sp³-hybridized carbons (Fsp3) is 0.167. The number of carboxylic acid groups (broad SMARTS) is 1. The molecule has 0 saturated heterocycles. The largest absolute Gasteiger partial charge is 0.481 e. The summed E-state index contributed by atoms with van der Waals surface area (Å²) in [6, 6.07) is 14.2. The zero-order valence-electron chi connectivity index (χ0n) is 18.9. The Labute approximate surface area is 203 Å². The van der Waals surface area contributed by atoms with Gasteiger partial charge < -0.3 is 20.0 Å². The third-order valence-electron chi connectivity index (χ3n) is 5.89. The highest BCUT2D eigenvalue weighted by molar-refractivity contribution is 6.35. The summed E-state index contributed by atoms with van der Waals surface area (Å²) in [7, 11) is 3.24. The first-order chi connectivity index (χ1) is 16.7. The molecule has 3 aromatic heterocycles. The van der Waals surface area contributed by atoms with Gasteiger partial charge in [-0.15, -0.1) is 0 Å². The molecule has 0 aliphatic heterocycles. The molecule has 0 amide bonds. The predicted molar refractivity (Wildman–Crippen MR) is 134 cm³/mol. The van der Waals surface area contributed by atoms with Gasteiger partial charge in [-0.1, -0.05) is 29.8 Å². The second kappa shape index (κ2) is 8.48. The molecule has 5 rings (SSSR count). The lowest BCUT2D eigenvalue weighted by molar-refractivity contribution is -0.136. The van der Waals surface area contributed by atoms with Gasteiger partial charge in [-0.25, -0.2) is 4.79 Å². The molecule has 0 bridgehead atoms. The number of nitrogens with one attached hydrogen (secondary N) is 2. The van der Waals surface area contributed by atoms with Crippen molar-refractivity contribution in [3.63, 3.8) is 0 Å². The molecule has 0 aliphatic rings. The Morgan fingerprint density at radius 3 is 2.63 bits per heavy atom. The van der Waals surface area contributed by atoms with E-state index < -0.39 is 17.2 Å². The highest BCUT2D eigenvalue weighted by Gasteiger charge is 2.19. The van der Waals surface area contributed by atoms with Crippen molar-refractivity contribution in [2.75, 3.05) is 5.32 Å². The number of H-pyrrole nitrogens is 1. The molecule has 0 spiro atoms. The Hall–Kier alpha value is -4.31. The fourth-order valence-electron chi connectivity index (χ4n) is 4.19. The molecule has 0 atom stereocenters. The summed E-state index contributed by atoms with van der Waals surface area (Å²) in [5.41, 5.74) is 2.24. The summed E-state index contributed by atoms with van der Waals surface area (Å²) in [6.07, 6.45) is -0.115. The maximum absolute atomic E-state index is 13.4. The summed E-state index contributed by atoms with van der Waals surface area (Å²) in [5.74, 6) is -0.590. The lowest BCUT2D eigenvalue weighted by Gasteiger charge is -2.08. The van der Waals surface area contributed by atoms with E-state index in [1.54, 1.807) is 49.0 Å². The highest BCUT2D eigenvalue weighted by Crippen LogP contribution is 2.24. The van der Waals surface area contributed by atoms with Crippen molar-refractivity contribution in [2.24, 2.45) is 14.1 Å². The number of benzene rings is 2. The first-order valence-electron chi connectivity index (χ1n) is 10.7. The van der Waals surface area contributed by atoms with Crippen LogP contribution >= 0.6 is 11.6 Å². The molecule has 3 heterocycles. The number of aromatic nitrogens is 5. The summed E-state index contributed by atoms with van der Waals surface area (Å²) in [5, 5.41) is 13.6. The number of hydrogen-bond acceptors (Lipinski definition) is 5. The van der Waals surface area contributed by atoms with Crippen LogP contribution in [0.2, 0.25) is 5.02 Å². The summed E-state index contributed by atoms with van der Waals surface area (Å²) >= 11 is 6.26. The minimum Gasteiger partial charge on any atom is -0.481 e. The summed E-state index contributed by atoms with van der Waals surface area (Å²) in [4.78, 5) is 45.2. The van der Waals surface area contributed by atoms with Crippen LogP contribution in [0.25, 0.3) is 22.1 Å². The van der Waals surface area contributed by atoms with Crippen LogP contribution in [0.5, 0.6) is 0 Å². The Morgan fingerprint density at radius 1 is 1.11 bits per heavy atom. The number of hydrogen-bond donors (Lipinski definition) is 3. The molecule has 0 radical (unpaired) electrons. The number of carboxylic acids is 1. The van der Waals surface area contributed by atoms with Gasteiger partial charge in [0.15, 0.2) is 11.2 Å². The van der Waals surface area contributed by atoms with Gasteiger partial charge in [-0.2, -0.15) is 4.98 Å². The third kappa shape index (κ3) is 3.97. The van der Waals surface area contributed by atoms with Crippen molar-refractivity contribution < 1.29 is 9.90 Å². The number of imidazole rings is 1. The molecule has 0 unspecified atom stereocenters. The summed E-state index contributed by atoms with van der Waals surface area (Å²) in [6.45, 7) is 0.0393. The van der Waals surface area contributed by atoms with Crippen molar-refractivity contribution >= 4 is 51.3 Å². The minimum atomic E-state index is -0.933. The van der Waals surface area contributed by atoms with Gasteiger partial charge in [0.1, 0.15) is 0 Å². The van der Waals surface area contributed by atoms with Crippen LogP contribution in [0.4, 0.5) is 11.6 Å². The number of rotatable bonds is 6. The van der Waals surface area contributed by atoms with Gasteiger partial charge in [-0.05, 0) is 35.9 Å². The Bertz CT molecular complexity index is 1740. The van der Waals surface area contributed by atoms with Crippen molar-refractivity contribution in [3.8, 4) is 0 Å². The number of anilines is 2. The van der Waals surface area contributed by atoms with Crippen molar-refractivity contribution in [1.29, 1.82) is 0 Å². The fourth-order valence-corrected chi connectivity index (χ4v) is 4.42. The standard InChI is InChI=1S/C24H21ClN6O4/c1-29-20-21(28-23(29)27-14-6-3-5-13(9-14)10-19(32)33)30(2)24(35)31(22(20)34)12-15-11-16-17(25)7-4-8-18(16)26-15/h3-9,11,26H,10,12H2,1-2H3,(H,27,28)(H,32,33). The lowest BCUT2D eigenvalue weighted by Crippen LogP contribution is -2.39. The van der Waals surface area contributed by atoms with E-state index in [9.17, 15) is 14.4 Å².